The van der Waals surface area contributed by atoms with Gasteiger partial charge in [0, 0.05) is 28.7 Å². The molecule has 0 bridgehead atoms. The average molecular weight is 390 g/mol. The third-order valence-corrected chi connectivity index (χ3v) is 5.98. The van der Waals surface area contributed by atoms with E-state index >= 15 is 0 Å². The van der Waals surface area contributed by atoms with Gasteiger partial charge < -0.3 is 4.90 Å². The van der Waals surface area contributed by atoms with Crippen molar-refractivity contribution in [3.8, 4) is 0 Å². The Kier molecular flexibility index (Phi) is 6.34. The van der Waals surface area contributed by atoms with Gasteiger partial charge in [0.2, 0.25) is 5.91 Å². The van der Waals surface area contributed by atoms with Crippen LogP contribution in [0.1, 0.15) is 25.8 Å². The van der Waals surface area contributed by atoms with Gasteiger partial charge in [0.1, 0.15) is 0 Å². The van der Waals surface area contributed by atoms with Crippen molar-refractivity contribution in [2.45, 2.75) is 26.3 Å². The molecule has 1 aromatic carbocycles. The number of rotatable bonds is 5. The molecule has 1 saturated heterocycles. The summed E-state index contributed by atoms with van der Waals surface area (Å²) in [6.45, 7) is 4.54. The van der Waals surface area contributed by atoms with Gasteiger partial charge in [-0.25, -0.2) is 8.42 Å². The third kappa shape index (κ3) is 5.50. The number of hydrogen-bond donors (Lipinski definition) is 0. The second kappa shape index (κ2) is 7.89. The minimum atomic E-state index is -3.04. The Hall–Kier alpha value is -1.04. The normalized spacial score (nSPS) is 20.0. The average Bonchev–Trinajstić information content (AvgIpc) is 2.81. The fraction of sp³-hybridized carbons (Fsp3) is 0.471. The van der Waals surface area contributed by atoms with Crippen LogP contribution in [0.2, 0.25) is 10.0 Å². The maximum atomic E-state index is 12.6. The summed E-state index contributed by atoms with van der Waals surface area (Å²) in [5.41, 5.74) is 0.726. The van der Waals surface area contributed by atoms with E-state index in [1.54, 1.807) is 29.2 Å². The van der Waals surface area contributed by atoms with E-state index in [0.29, 0.717) is 23.0 Å². The van der Waals surface area contributed by atoms with E-state index < -0.39 is 9.84 Å². The molecule has 1 unspecified atom stereocenters. The zero-order valence-corrected chi connectivity index (χ0v) is 16.0. The smallest absolute Gasteiger partial charge is 0.246 e. The number of nitrogens with zero attached hydrogens (tertiary/aromatic N) is 1. The van der Waals surface area contributed by atoms with E-state index in [0.717, 1.165) is 5.56 Å². The minimum Gasteiger partial charge on any atom is -0.335 e. The quantitative estimate of drug-likeness (QED) is 0.721. The summed E-state index contributed by atoms with van der Waals surface area (Å²) in [5, 5.41) is 0.992. The zero-order chi connectivity index (χ0) is 17.9. The maximum Gasteiger partial charge on any atom is 0.246 e. The van der Waals surface area contributed by atoms with E-state index in [-0.39, 0.29) is 29.4 Å². The first kappa shape index (κ1) is 19.3. The molecule has 1 amide bonds. The van der Waals surface area contributed by atoms with E-state index in [1.807, 2.05) is 13.8 Å². The number of benzene rings is 1. The zero-order valence-electron chi connectivity index (χ0n) is 13.7. The Morgan fingerprint density at radius 3 is 2.42 bits per heavy atom. The van der Waals surface area contributed by atoms with Gasteiger partial charge in [0.15, 0.2) is 9.84 Å². The number of sulfone groups is 1. The van der Waals surface area contributed by atoms with Gasteiger partial charge in [0.25, 0.3) is 0 Å². The van der Waals surface area contributed by atoms with Gasteiger partial charge in [-0.2, -0.15) is 0 Å². The fourth-order valence-electron chi connectivity index (χ4n) is 2.77. The molecule has 0 N–H and O–H groups in total. The van der Waals surface area contributed by atoms with Crippen molar-refractivity contribution in [2.75, 3.05) is 18.1 Å². The van der Waals surface area contributed by atoms with Crippen LogP contribution < -0.4 is 0 Å². The molecule has 0 radical (unpaired) electrons. The van der Waals surface area contributed by atoms with Gasteiger partial charge >= 0.3 is 0 Å². The van der Waals surface area contributed by atoms with Crippen LogP contribution in [0.15, 0.2) is 24.3 Å². The highest BCUT2D eigenvalue weighted by Crippen LogP contribution is 2.22. The summed E-state index contributed by atoms with van der Waals surface area (Å²) >= 11 is 11.9. The summed E-state index contributed by atoms with van der Waals surface area (Å²) in [5.74, 6) is 0.253. The molecular formula is C17H21Cl2NO3S. The van der Waals surface area contributed by atoms with Crippen molar-refractivity contribution < 1.29 is 13.2 Å². The van der Waals surface area contributed by atoms with Crippen LogP contribution in [0.3, 0.4) is 0 Å². The van der Waals surface area contributed by atoms with Crippen LogP contribution >= 0.6 is 23.2 Å². The molecule has 24 heavy (non-hydrogen) atoms. The van der Waals surface area contributed by atoms with Crippen molar-refractivity contribution in [1.29, 1.82) is 0 Å². The van der Waals surface area contributed by atoms with Crippen LogP contribution in [0, 0.1) is 5.92 Å². The molecule has 0 saturated carbocycles. The molecule has 7 heteroatoms. The van der Waals surface area contributed by atoms with E-state index in [2.05, 4.69) is 0 Å². The van der Waals surface area contributed by atoms with Gasteiger partial charge in [-0.15, -0.1) is 0 Å². The van der Waals surface area contributed by atoms with Crippen LogP contribution in [-0.4, -0.2) is 43.3 Å². The van der Waals surface area contributed by atoms with E-state index in [9.17, 15) is 13.2 Å². The maximum absolute atomic E-state index is 12.6. The summed E-state index contributed by atoms with van der Waals surface area (Å²) < 4.78 is 23.4. The topological polar surface area (TPSA) is 54.5 Å². The van der Waals surface area contributed by atoms with E-state index in [1.165, 1.54) is 6.08 Å². The minimum absolute atomic E-state index is 0.0439. The molecule has 0 aromatic heterocycles. The Morgan fingerprint density at radius 2 is 1.92 bits per heavy atom. The molecule has 1 fully saturated rings. The molecule has 1 aliphatic rings. The predicted octanol–water partition coefficient (Wildman–Crippen LogP) is 3.68. The van der Waals surface area contributed by atoms with E-state index in [4.69, 9.17) is 23.2 Å². The van der Waals surface area contributed by atoms with Crippen LogP contribution in [0.4, 0.5) is 0 Å². The van der Waals surface area contributed by atoms with Crippen LogP contribution in [-0.2, 0) is 14.6 Å². The predicted molar refractivity (Wildman–Crippen MR) is 99.1 cm³/mol. The second-order valence-electron chi connectivity index (χ2n) is 6.48. The highest BCUT2D eigenvalue weighted by molar-refractivity contribution is 7.91. The molecule has 1 heterocycles. The number of hydrogen-bond acceptors (Lipinski definition) is 3. The standard InChI is InChI=1S/C17H21Cl2NO3S/c1-12(2)10-20(16-5-6-24(22,23)11-16)17(21)4-3-13-7-14(18)9-15(19)8-13/h3-4,7-9,12,16H,5-6,10-11H2,1-2H3/b4-3+. The summed E-state index contributed by atoms with van der Waals surface area (Å²) in [6, 6.07) is 4.79. The van der Waals surface area contributed by atoms with Gasteiger partial charge in [-0.05, 0) is 42.2 Å². The van der Waals surface area contributed by atoms with Crippen molar-refractivity contribution in [3.63, 3.8) is 0 Å². The number of halogens is 2. The van der Waals surface area contributed by atoms with Crippen LogP contribution in [0.25, 0.3) is 6.08 Å². The summed E-state index contributed by atoms with van der Waals surface area (Å²) in [4.78, 5) is 14.3. The highest BCUT2D eigenvalue weighted by Gasteiger charge is 2.34. The molecule has 1 aliphatic heterocycles. The lowest BCUT2D eigenvalue weighted by molar-refractivity contribution is -0.128. The highest BCUT2D eigenvalue weighted by atomic mass is 35.5. The van der Waals surface area contributed by atoms with Crippen molar-refractivity contribution in [2.24, 2.45) is 5.92 Å². The molecule has 4 nitrogen and oxygen atoms in total. The molecule has 0 aliphatic carbocycles. The number of carbonyl (C=O) groups is 1. The summed E-state index contributed by atoms with van der Waals surface area (Å²) in [6.07, 6.45) is 3.60. The first-order chi connectivity index (χ1) is 11.2. The SMILES string of the molecule is CC(C)CN(C(=O)/C=C/c1cc(Cl)cc(Cl)c1)C1CCS(=O)(=O)C1. The van der Waals surface area contributed by atoms with Gasteiger partial charge in [0.05, 0.1) is 11.5 Å². The van der Waals surface area contributed by atoms with Gasteiger partial charge in [-0.1, -0.05) is 37.0 Å². The summed E-state index contributed by atoms with van der Waals surface area (Å²) in [7, 11) is -3.04. The first-order valence-electron chi connectivity index (χ1n) is 7.81. The van der Waals surface area contributed by atoms with Crippen molar-refractivity contribution in [3.05, 3.63) is 39.9 Å². The number of carbonyl (C=O) groups excluding carboxylic acids is 1. The van der Waals surface area contributed by atoms with Gasteiger partial charge in [-0.3, -0.25) is 4.79 Å². The lowest BCUT2D eigenvalue weighted by Gasteiger charge is -2.28. The largest absolute Gasteiger partial charge is 0.335 e. The lowest BCUT2D eigenvalue weighted by Crippen LogP contribution is -2.42. The molecular weight excluding hydrogens is 369 g/mol. The Bertz CT molecular complexity index is 724. The Labute approximate surface area is 153 Å². The molecule has 1 atom stereocenters. The number of amides is 1. The molecule has 2 rings (SSSR count). The second-order valence-corrected chi connectivity index (χ2v) is 9.58. The fourth-order valence-corrected chi connectivity index (χ4v) is 5.04. The third-order valence-electron chi connectivity index (χ3n) is 3.80. The first-order valence-corrected chi connectivity index (χ1v) is 10.4. The molecule has 132 valence electrons. The van der Waals surface area contributed by atoms with Crippen LogP contribution in [0.5, 0.6) is 0 Å². The van der Waals surface area contributed by atoms with Crippen molar-refractivity contribution in [1.82, 2.24) is 4.90 Å². The monoisotopic (exact) mass is 389 g/mol. The lowest BCUT2D eigenvalue weighted by atomic mass is 10.1. The Morgan fingerprint density at radius 1 is 1.29 bits per heavy atom. The van der Waals surface area contributed by atoms with Crippen molar-refractivity contribution >= 4 is 45.0 Å². The molecule has 1 aromatic rings. The molecule has 0 spiro atoms. The Balaban J connectivity index is 2.17.